The summed E-state index contributed by atoms with van der Waals surface area (Å²) < 4.78 is 5.28. The molecule has 1 aromatic heterocycles. The fourth-order valence-corrected chi connectivity index (χ4v) is 3.26. The summed E-state index contributed by atoms with van der Waals surface area (Å²) in [6, 6.07) is 16.3. The Hall–Kier alpha value is -2.85. The van der Waals surface area contributed by atoms with Crippen LogP contribution in [0, 0.1) is 0 Å². The number of aromatic amines is 1. The standard InChI is InChI=1S/C22H23N3O/c1-26-19-6-4-5-18(15-19)10-9-17-11-13-25(14-12-17)16-22-23-20-7-2-3-8-21(20)24-22/h2-11,15H,12-14,16H2,1H3,(H,23,24)/b10-9+. The SMILES string of the molecule is COc1cccc(/C=C/C2=CCN(Cc3nc4ccccc4[nH]3)CC2)c1. The number of nitrogens with one attached hydrogen (secondary N) is 1. The number of benzene rings is 2. The highest BCUT2D eigenvalue weighted by molar-refractivity contribution is 5.74. The maximum atomic E-state index is 5.28. The molecule has 0 saturated carbocycles. The highest BCUT2D eigenvalue weighted by Gasteiger charge is 2.12. The van der Waals surface area contributed by atoms with Crippen molar-refractivity contribution in [2.45, 2.75) is 13.0 Å². The molecule has 0 unspecified atom stereocenters. The lowest BCUT2D eigenvalue weighted by atomic mass is 10.1. The summed E-state index contributed by atoms with van der Waals surface area (Å²) in [5.74, 6) is 1.93. The third-order valence-corrected chi connectivity index (χ3v) is 4.72. The molecule has 0 aliphatic carbocycles. The van der Waals surface area contributed by atoms with Crippen molar-refractivity contribution in [3.63, 3.8) is 0 Å². The van der Waals surface area contributed by atoms with E-state index in [2.05, 4.69) is 45.2 Å². The summed E-state index contributed by atoms with van der Waals surface area (Å²) >= 11 is 0. The molecule has 26 heavy (non-hydrogen) atoms. The smallest absolute Gasteiger partial charge is 0.121 e. The molecule has 1 N–H and O–H groups in total. The Morgan fingerprint density at radius 3 is 2.88 bits per heavy atom. The Morgan fingerprint density at radius 1 is 1.15 bits per heavy atom. The number of methoxy groups -OCH3 is 1. The average molecular weight is 345 g/mol. The number of fused-ring (bicyclic) bond motifs is 1. The van der Waals surface area contributed by atoms with Gasteiger partial charge in [0, 0.05) is 13.1 Å². The van der Waals surface area contributed by atoms with Crippen molar-refractivity contribution >= 4 is 17.1 Å². The number of hydrogen-bond acceptors (Lipinski definition) is 3. The van der Waals surface area contributed by atoms with E-state index in [-0.39, 0.29) is 0 Å². The van der Waals surface area contributed by atoms with E-state index in [1.54, 1.807) is 7.11 Å². The van der Waals surface area contributed by atoms with E-state index in [1.807, 2.05) is 36.4 Å². The van der Waals surface area contributed by atoms with E-state index >= 15 is 0 Å². The number of rotatable bonds is 5. The molecule has 0 saturated heterocycles. The van der Waals surface area contributed by atoms with Gasteiger partial charge in [-0.25, -0.2) is 4.98 Å². The van der Waals surface area contributed by atoms with Gasteiger partial charge in [0.15, 0.2) is 0 Å². The summed E-state index contributed by atoms with van der Waals surface area (Å²) in [5, 5.41) is 0. The van der Waals surface area contributed by atoms with Crippen molar-refractivity contribution in [3.8, 4) is 5.75 Å². The molecular formula is C22H23N3O. The lowest BCUT2D eigenvalue weighted by Crippen LogP contribution is -2.28. The van der Waals surface area contributed by atoms with Crippen molar-refractivity contribution < 1.29 is 4.74 Å². The first-order valence-electron chi connectivity index (χ1n) is 8.97. The minimum absolute atomic E-state index is 0.859. The number of para-hydroxylation sites is 2. The molecule has 3 aromatic rings. The van der Waals surface area contributed by atoms with Gasteiger partial charge in [0.2, 0.25) is 0 Å². The van der Waals surface area contributed by atoms with Gasteiger partial charge in [0.05, 0.1) is 24.7 Å². The van der Waals surface area contributed by atoms with Gasteiger partial charge in [0.25, 0.3) is 0 Å². The molecule has 1 aliphatic heterocycles. The van der Waals surface area contributed by atoms with E-state index in [0.29, 0.717) is 0 Å². The maximum Gasteiger partial charge on any atom is 0.121 e. The van der Waals surface area contributed by atoms with Crippen LogP contribution in [0.3, 0.4) is 0 Å². The Bertz CT molecular complexity index is 922. The van der Waals surface area contributed by atoms with Crippen LogP contribution in [0.1, 0.15) is 17.8 Å². The molecule has 0 bridgehead atoms. The second-order valence-corrected chi connectivity index (χ2v) is 6.57. The number of aromatic nitrogens is 2. The molecule has 1 aliphatic rings. The zero-order valence-electron chi connectivity index (χ0n) is 15.0. The summed E-state index contributed by atoms with van der Waals surface area (Å²) in [6.07, 6.45) is 7.74. The molecule has 0 fully saturated rings. The van der Waals surface area contributed by atoms with Gasteiger partial charge in [-0.15, -0.1) is 0 Å². The zero-order valence-corrected chi connectivity index (χ0v) is 15.0. The van der Waals surface area contributed by atoms with Crippen molar-refractivity contribution in [2.75, 3.05) is 20.2 Å². The number of ether oxygens (including phenoxy) is 1. The molecule has 0 amide bonds. The summed E-state index contributed by atoms with van der Waals surface area (Å²) in [6.45, 7) is 2.86. The van der Waals surface area contributed by atoms with Crippen LogP contribution in [0.15, 0.2) is 66.3 Å². The first-order chi connectivity index (χ1) is 12.8. The quantitative estimate of drug-likeness (QED) is 0.744. The van der Waals surface area contributed by atoms with Gasteiger partial charge in [-0.3, -0.25) is 4.90 Å². The molecule has 4 rings (SSSR count). The van der Waals surface area contributed by atoms with E-state index in [4.69, 9.17) is 4.74 Å². The third-order valence-electron chi connectivity index (χ3n) is 4.72. The number of hydrogen-bond donors (Lipinski definition) is 1. The Morgan fingerprint density at radius 2 is 2.08 bits per heavy atom. The summed E-state index contributed by atoms with van der Waals surface area (Å²) in [7, 11) is 1.70. The Kier molecular flexibility index (Phi) is 4.84. The first kappa shape index (κ1) is 16.6. The van der Waals surface area contributed by atoms with Gasteiger partial charge in [-0.2, -0.15) is 0 Å². The van der Waals surface area contributed by atoms with E-state index in [9.17, 15) is 0 Å². The maximum absolute atomic E-state index is 5.28. The normalized spacial score (nSPS) is 15.5. The monoisotopic (exact) mass is 345 g/mol. The largest absolute Gasteiger partial charge is 0.497 e. The van der Waals surface area contributed by atoms with E-state index in [0.717, 1.165) is 54.2 Å². The van der Waals surface area contributed by atoms with Crippen LogP contribution in [0.4, 0.5) is 0 Å². The molecule has 132 valence electrons. The van der Waals surface area contributed by atoms with Crippen molar-refractivity contribution in [3.05, 3.63) is 77.6 Å². The molecule has 0 atom stereocenters. The van der Waals surface area contributed by atoms with Gasteiger partial charge in [-0.05, 0) is 41.8 Å². The lowest BCUT2D eigenvalue weighted by Gasteiger charge is -2.24. The first-order valence-corrected chi connectivity index (χ1v) is 8.97. The second kappa shape index (κ2) is 7.58. The fraction of sp³-hybridized carbons (Fsp3) is 0.227. The minimum atomic E-state index is 0.859. The van der Waals surface area contributed by atoms with Gasteiger partial charge in [0.1, 0.15) is 11.6 Å². The van der Waals surface area contributed by atoms with Gasteiger partial charge < -0.3 is 9.72 Å². The molecule has 2 heterocycles. The third kappa shape index (κ3) is 3.86. The Labute approximate surface area is 153 Å². The van der Waals surface area contributed by atoms with E-state index < -0.39 is 0 Å². The molecule has 0 radical (unpaired) electrons. The van der Waals surface area contributed by atoms with Crippen molar-refractivity contribution in [2.24, 2.45) is 0 Å². The molecule has 0 spiro atoms. The molecular weight excluding hydrogens is 322 g/mol. The summed E-state index contributed by atoms with van der Waals surface area (Å²) in [5.41, 5.74) is 4.69. The average Bonchev–Trinajstić information content (AvgIpc) is 3.10. The van der Waals surface area contributed by atoms with Crippen molar-refractivity contribution in [1.82, 2.24) is 14.9 Å². The fourth-order valence-electron chi connectivity index (χ4n) is 3.26. The number of H-pyrrole nitrogens is 1. The van der Waals surface area contributed by atoms with Crippen LogP contribution in [-0.4, -0.2) is 35.1 Å². The summed E-state index contributed by atoms with van der Waals surface area (Å²) in [4.78, 5) is 10.5. The topological polar surface area (TPSA) is 41.1 Å². The predicted molar refractivity (Wildman–Crippen MR) is 106 cm³/mol. The number of allylic oxidation sites excluding steroid dienone is 1. The van der Waals surface area contributed by atoms with Crippen molar-refractivity contribution in [1.29, 1.82) is 0 Å². The van der Waals surface area contributed by atoms with Gasteiger partial charge in [-0.1, -0.05) is 42.5 Å². The minimum Gasteiger partial charge on any atom is -0.497 e. The van der Waals surface area contributed by atoms with Crippen LogP contribution < -0.4 is 4.74 Å². The van der Waals surface area contributed by atoms with Crippen LogP contribution in [0.5, 0.6) is 5.75 Å². The van der Waals surface area contributed by atoms with Crippen LogP contribution in [-0.2, 0) is 6.54 Å². The predicted octanol–water partition coefficient (Wildman–Crippen LogP) is 4.42. The van der Waals surface area contributed by atoms with E-state index in [1.165, 1.54) is 5.57 Å². The van der Waals surface area contributed by atoms with Crippen LogP contribution >= 0.6 is 0 Å². The number of nitrogens with zero attached hydrogens (tertiary/aromatic N) is 2. The number of imidazole rings is 1. The molecule has 4 heteroatoms. The Balaban J connectivity index is 1.37. The highest BCUT2D eigenvalue weighted by Crippen LogP contribution is 2.18. The molecule has 4 nitrogen and oxygen atoms in total. The highest BCUT2D eigenvalue weighted by atomic mass is 16.5. The zero-order chi connectivity index (χ0) is 17.8. The molecule has 2 aromatic carbocycles. The lowest BCUT2D eigenvalue weighted by molar-refractivity contribution is 0.281. The van der Waals surface area contributed by atoms with Crippen LogP contribution in [0.2, 0.25) is 0 Å². The van der Waals surface area contributed by atoms with Crippen LogP contribution in [0.25, 0.3) is 17.1 Å². The second-order valence-electron chi connectivity index (χ2n) is 6.57. The van der Waals surface area contributed by atoms with Gasteiger partial charge >= 0.3 is 0 Å².